The Morgan fingerprint density at radius 1 is 1.00 bits per heavy atom. The van der Waals surface area contributed by atoms with Crippen LogP contribution in [0.15, 0.2) is 71.8 Å². The zero-order valence-corrected chi connectivity index (χ0v) is 18.0. The molecule has 0 bridgehead atoms. The fourth-order valence-corrected chi connectivity index (χ4v) is 3.14. The lowest BCUT2D eigenvalue weighted by Crippen LogP contribution is -2.19. The molecule has 0 aliphatic rings. The molecule has 6 nitrogen and oxygen atoms in total. The Balaban J connectivity index is 1.64. The van der Waals surface area contributed by atoms with Crippen LogP contribution in [0.4, 0.5) is 0 Å². The topological polar surface area (TPSA) is 77.0 Å². The van der Waals surface area contributed by atoms with Crippen LogP contribution in [-0.4, -0.2) is 25.2 Å². The Kier molecular flexibility index (Phi) is 7.65. The van der Waals surface area contributed by atoms with Crippen molar-refractivity contribution in [3.8, 4) is 11.5 Å². The molecule has 0 saturated carbocycles. The first-order valence-corrected chi connectivity index (χ1v) is 9.93. The molecular formula is C23H18Cl2N2O4. The van der Waals surface area contributed by atoms with E-state index in [1.807, 2.05) is 30.3 Å². The SMILES string of the molecule is COc1cc(/C=N\NC(=O)Cc2ccccc2)ccc1OC(=O)c1ccc(Cl)cc1Cl. The van der Waals surface area contributed by atoms with Crippen molar-refractivity contribution >= 4 is 41.3 Å². The molecule has 3 aromatic rings. The van der Waals surface area contributed by atoms with Gasteiger partial charge in [-0.05, 0) is 47.5 Å². The van der Waals surface area contributed by atoms with Crippen LogP contribution < -0.4 is 14.9 Å². The van der Waals surface area contributed by atoms with Crippen LogP contribution in [0.1, 0.15) is 21.5 Å². The molecule has 31 heavy (non-hydrogen) atoms. The van der Waals surface area contributed by atoms with Crippen molar-refractivity contribution in [1.29, 1.82) is 0 Å². The highest BCUT2D eigenvalue weighted by Crippen LogP contribution is 2.29. The van der Waals surface area contributed by atoms with Crippen molar-refractivity contribution in [2.45, 2.75) is 6.42 Å². The van der Waals surface area contributed by atoms with Crippen LogP contribution >= 0.6 is 23.2 Å². The molecule has 0 aliphatic heterocycles. The van der Waals surface area contributed by atoms with Gasteiger partial charge in [-0.25, -0.2) is 10.2 Å². The number of carbonyl (C=O) groups is 2. The molecule has 0 fully saturated rings. The van der Waals surface area contributed by atoms with Gasteiger partial charge in [0.2, 0.25) is 5.91 Å². The maximum atomic E-state index is 12.4. The summed E-state index contributed by atoms with van der Waals surface area (Å²) < 4.78 is 10.7. The third-order valence-corrected chi connectivity index (χ3v) is 4.70. The predicted octanol–water partition coefficient (Wildman–Crippen LogP) is 4.91. The number of benzene rings is 3. The Morgan fingerprint density at radius 2 is 1.77 bits per heavy atom. The minimum absolute atomic E-state index is 0.180. The van der Waals surface area contributed by atoms with Gasteiger partial charge in [-0.3, -0.25) is 4.79 Å². The summed E-state index contributed by atoms with van der Waals surface area (Å²) in [7, 11) is 1.45. The summed E-state index contributed by atoms with van der Waals surface area (Å²) in [5.74, 6) is -0.351. The van der Waals surface area contributed by atoms with E-state index in [9.17, 15) is 9.59 Å². The third kappa shape index (κ3) is 6.31. The summed E-state index contributed by atoms with van der Waals surface area (Å²) in [6.45, 7) is 0. The highest BCUT2D eigenvalue weighted by Gasteiger charge is 2.16. The van der Waals surface area contributed by atoms with E-state index in [0.29, 0.717) is 16.3 Å². The van der Waals surface area contributed by atoms with Crippen LogP contribution in [-0.2, 0) is 11.2 Å². The predicted molar refractivity (Wildman–Crippen MR) is 120 cm³/mol. The minimum atomic E-state index is -0.644. The lowest BCUT2D eigenvalue weighted by Gasteiger charge is -2.10. The molecule has 3 rings (SSSR count). The number of halogens is 2. The summed E-state index contributed by atoms with van der Waals surface area (Å²) in [5, 5.41) is 4.56. The molecule has 0 aromatic heterocycles. The summed E-state index contributed by atoms with van der Waals surface area (Å²) >= 11 is 11.9. The molecule has 0 saturated heterocycles. The van der Waals surface area contributed by atoms with E-state index < -0.39 is 5.97 Å². The summed E-state index contributed by atoms with van der Waals surface area (Å²) in [6.07, 6.45) is 1.69. The van der Waals surface area contributed by atoms with Gasteiger partial charge in [-0.2, -0.15) is 5.10 Å². The van der Waals surface area contributed by atoms with E-state index in [2.05, 4.69) is 10.5 Å². The second kappa shape index (κ2) is 10.6. The number of hydrazone groups is 1. The number of amides is 1. The van der Waals surface area contributed by atoms with Crippen molar-refractivity contribution in [1.82, 2.24) is 5.43 Å². The van der Waals surface area contributed by atoms with Gasteiger partial charge in [-0.15, -0.1) is 0 Å². The van der Waals surface area contributed by atoms with Gasteiger partial charge < -0.3 is 9.47 Å². The molecule has 1 amide bonds. The van der Waals surface area contributed by atoms with Gasteiger partial charge in [0.15, 0.2) is 11.5 Å². The Labute approximate surface area is 189 Å². The first-order chi connectivity index (χ1) is 15.0. The van der Waals surface area contributed by atoms with Crippen LogP contribution in [0.5, 0.6) is 11.5 Å². The molecule has 0 spiro atoms. The molecule has 0 aliphatic carbocycles. The van der Waals surface area contributed by atoms with Gasteiger partial charge in [0.25, 0.3) is 0 Å². The molecule has 0 radical (unpaired) electrons. The van der Waals surface area contributed by atoms with Crippen LogP contribution in [0.25, 0.3) is 0 Å². The van der Waals surface area contributed by atoms with Gasteiger partial charge in [0.05, 0.1) is 30.3 Å². The number of carbonyl (C=O) groups excluding carboxylic acids is 2. The van der Waals surface area contributed by atoms with E-state index in [1.54, 1.807) is 24.3 Å². The Morgan fingerprint density at radius 3 is 2.48 bits per heavy atom. The van der Waals surface area contributed by atoms with Gasteiger partial charge in [-0.1, -0.05) is 53.5 Å². The average molecular weight is 457 g/mol. The molecule has 3 aromatic carbocycles. The molecule has 0 heterocycles. The number of hydrogen-bond donors (Lipinski definition) is 1. The zero-order chi connectivity index (χ0) is 22.2. The standard InChI is InChI=1S/C23H18Cl2N2O4/c1-30-21-11-16(14-26-27-22(28)12-15-5-3-2-4-6-15)7-10-20(21)31-23(29)18-9-8-17(24)13-19(18)25/h2-11,13-14H,12H2,1H3,(H,27,28)/b26-14-. The van der Waals surface area contributed by atoms with Gasteiger partial charge in [0, 0.05) is 5.02 Å². The van der Waals surface area contributed by atoms with Crippen molar-refractivity contribution < 1.29 is 19.1 Å². The van der Waals surface area contributed by atoms with Crippen LogP contribution in [0.3, 0.4) is 0 Å². The fraction of sp³-hybridized carbons (Fsp3) is 0.0870. The number of ether oxygens (including phenoxy) is 2. The van der Waals surface area contributed by atoms with E-state index in [1.165, 1.54) is 25.5 Å². The van der Waals surface area contributed by atoms with Crippen LogP contribution in [0, 0.1) is 0 Å². The van der Waals surface area contributed by atoms with Crippen molar-refractivity contribution in [3.63, 3.8) is 0 Å². The molecular weight excluding hydrogens is 439 g/mol. The van der Waals surface area contributed by atoms with Crippen molar-refractivity contribution in [2.75, 3.05) is 7.11 Å². The lowest BCUT2D eigenvalue weighted by atomic mass is 10.1. The maximum absolute atomic E-state index is 12.4. The van der Waals surface area contributed by atoms with E-state index in [-0.39, 0.29) is 28.7 Å². The summed E-state index contributed by atoms with van der Waals surface area (Å²) in [5.41, 5.74) is 4.19. The average Bonchev–Trinajstić information content (AvgIpc) is 2.75. The number of rotatable bonds is 7. The third-order valence-electron chi connectivity index (χ3n) is 4.15. The zero-order valence-electron chi connectivity index (χ0n) is 16.5. The second-order valence-electron chi connectivity index (χ2n) is 6.38. The highest BCUT2D eigenvalue weighted by molar-refractivity contribution is 6.36. The van der Waals surface area contributed by atoms with Gasteiger partial charge >= 0.3 is 5.97 Å². The minimum Gasteiger partial charge on any atom is -0.493 e. The normalized spacial score (nSPS) is 10.7. The number of methoxy groups -OCH3 is 1. The largest absolute Gasteiger partial charge is 0.493 e. The molecule has 1 N–H and O–H groups in total. The van der Waals surface area contributed by atoms with Gasteiger partial charge in [0.1, 0.15) is 0 Å². The van der Waals surface area contributed by atoms with Crippen molar-refractivity contribution in [2.24, 2.45) is 5.10 Å². The molecule has 8 heteroatoms. The highest BCUT2D eigenvalue weighted by atomic mass is 35.5. The smallest absolute Gasteiger partial charge is 0.345 e. The Hall–Kier alpha value is -3.35. The number of nitrogens with one attached hydrogen (secondary N) is 1. The number of hydrogen-bond acceptors (Lipinski definition) is 5. The quantitative estimate of drug-likeness (QED) is 0.237. The van der Waals surface area contributed by atoms with E-state index in [0.717, 1.165) is 5.56 Å². The monoisotopic (exact) mass is 456 g/mol. The second-order valence-corrected chi connectivity index (χ2v) is 7.22. The number of esters is 1. The molecule has 158 valence electrons. The lowest BCUT2D eigenvalue weighted by molar-refractivity contribution is -0.120. The first kappa shape index (κ1) is 22.3. The molecule has 0 unspecified atom stereocenters. The number of nitrogens with zero attached hydrogens (tertiary/aromatic N) is 1. The van der Waals surface area contributed by atoms with E-state index in [4.69, 9.17) is 32.7 Å². The summed E-state index contributed by atoms with van der Waals surface area (Å²) in [6, 6.07) is 18.7. The van der Waals surface area contributed by atoms with Crippen molar-refractivity contribution in [3.05, 3.63) is 93.5 Å². The van der Waals surface area contributed by atoms with Crippen LogP contribution in [0.2, 0.25) is 10.0 Å². The van der Waals surface area contributed by atoms with E-state index >= 15 is 0 Å². The first-order valence-electron chi connectivity index (χ1n) is 9.17. The molecule has 0 atom stereocenters. The fourth-order valence-electron chi connectivity index (χ4n) is 2.66. The maximum Gasteiger partial charge on any atom is 0.345 e. The Bertz CT molecular complexity index is 1120. The summed E-state index contributed by atoms with van der Waals surface area (Å²) in [4.78, 5) is 24.4.